The average molecular weight is 309 g/mol. The first-order chi connectivity index (χ1) is 9.98. The van der Waals surface area contributed by atoms with E-state index in [2.05, 4.69) is 6.08 Å². The van der Waals surface area contributed by atoms with Gasteiger partial charge in [-0.25, -0.2) is 9.59 Å². The number of esters is 1. The molecule has 1 heterocycles. The minimum Gasteiger partial charge on any atom is -0.458 e. The lowest BCUT2D eigenvalue weighted by molar-refractivity contribution is -0.161. The molecule has 0 saturated carbocycles. The lowest BCUT2D eigenvalue weighted by Crippen LogP contribution is -2.47. The zero-order valence-electron chi connectivity index (χ0n) is 14.4. The highest BCUT2D eigenvalue weighted by Crippen LogP contribution is 2.39. The molecule has 0 radical (unpaired) electrons. The molecule has 1 fully saturated rings. The summed E-state index contributed by atoms with van der Waals surface area (Å²) in [6.07, 6.45) is 4.57. The number of rotatable bonds is 1. The highest BCUT2D eigenvalue weighted by molar-refractivity contribution is 5.83. The number of hydrogen-bond acceptors (Lipinski definition) is 4. The molecule has 3 unspecified atom stereocenters. The van der Waals surface area contributed by atoms with Crippen LogP contribution in [0.2, 0.25) is 0 Å². The van der Waals surface area contributed by atoms with Crippen molar-refractivity contribution in [2.45, 2.75) is 65.2 Å². The summed E-state index contributed by atoms with van der Waals surface area (Å²) in [7, 11) is 0. The number of ether oxygens (including phenoxy) is 2. The third kappa shape index (κ3) is 3.81. The Balaban J connectivity index is 2.19. The molecular formula is C17H27NO4. The first-order valence-electron chi connectivity index (χ1n) is 7.87. The zero-order chi connectivity index (χ0) is 16.7. The largest absolute Gasteiger partial charge is 0.458 e. The second-order valence-electron chi connectivity index (χ2n) is 8.11. The van der Waals surface area contributed by atoms with Gasteiger partial charge >= 0.3 is 12.1 Å². The van der Waals surface area contributed by atoms with E-state index < -0.39 is 23.3 Å². The van der Waals surface area contributed by atoms with E-state index in [9.17, 15) is 9.59 Å². The van der Waals surface area contributed by atoms with E-state index >= 15 is 0 Å². The number of fused-ring (bicyclic) bond motifs is 1. The normalized spacial score (nSPS) is 27.7. The van der Waals surface area contributed by atoms with Gasteiger partial charge in [0.15, 0.2) is 0 Å². The zero-order valence-corrected chi connectivity index (χ0v) is 14.4. The van der Waals surface area contributed by atoms with Crippen LogP contribution in [0.1, 0.15) is 48.0 Å². The maximum Gasteiger partial charge on any atom is 0.411 e. The summed E-state index contributed by atoms with van der Waals surface area (Å²) >= 11 is 0. The van der Waals surface area contributed by atoms with Gasteiger partial charge in [-0.3, -0.25) is 4.90 Å². The van der Waals surface area contributed by atoms with Gasteiger partial charge < -0.3 is 9.47 Å². The Morgan fingerprint density at radius 3 is 2.18 bits per heavy atom. The molecule has 5 nitrogen and oxygen atoms in total. The van der Waals surface area contributed by atoms with Crippen molar-refractivity contribution < 1.29 is 19.1 Å². The Kier molecular flexibility index (Phi) is 4.28. The van der Waals surface area contributed by atoms with Crippen LogP contribution in [0.25, 0.3) is 0 Å². The van der Waals surface area contributed by atoms with Crippen LogP contribution >= 0.6 is 0 Å². The van der Waals surface area contributed by atoms with Gasteiger partial charge in [-0.05, 0) is 53.9 Å². The Hall–Kier alpha value is -1.52. The first-order valence-corrected chi connectivity index (χ1v) is 7.87. The van der Waals surface area contributed by atoms with Crippen LogP contribution < -0.4 is 0 Å². The SMILES string of the molecule is CC(C)(C)OC(=O)C1C2C=CCC2CN1C(=O)OC(C)(C)C. The number of amides is 1. The number of carbonyl (C=O) groups excluding carboxylic acids is 2. The summed E-state index contributed by atoms with van der Waals surface area (Å²) in [6, 6.07) is -0.585. The van der Waals surface area contributed by atoms with Crippen molar-refractivity contribution in [3.05, 3.63) is 12.2 Å². The fourth-order valence-electron chi connectivity index (χ4n) is 3.01. The van der Waals surface area contributed by atoms with Crippen molar-refractivity contribution in [2.24, 2.45) is 11.8 Å². The minimum absolute atomic E-state index is 0.0300. The molecule has 0 spiro atoms. The summed E-state index contributed by atoms with van der Waals surface area (Å²) in [5.74, 6) is -0.0372. The highest BCUT2D eigenvalue weighted by Gasteiger charge is 2.50. The van der Waals surface area contributed by atoms with Gasteiger partial charge in [-0.2, -0.15) is 0 Å². The Bertz CT molecular complexity index is 484. The van der Waals surface area contributed by atoms with E-state index in [0.717, 1.165) is 6.42 Å². The monoisotopic (exact) mass is 309 g/mol. The number of nitrogens with zero attached hydrogens (tertiary/aromatic N) is 1. The van der Waals surface area contributed by atoms with Crippen LogP contribution in [0.15, 0.2) is 12.2 Å². The quantitative estimate of drug-likeness (QED) is 0.551. The van der Waals surface area contributed by atoms with E-state index in [-0.39, 0.29) is 17.8 Å². The minimum atomic E-state index is -0.585. The fourth-order valence-corrected chi connectivity index (χ4v) is 3.01. The molecular weight excluding hydrogens is 282 g/mol. The summed E-state index contributed by atoms with van der Waals surface area (Å²) in [5.41, 5.74) is -1.15. The fraction of sp³-hybridized carbons (Fsp3) is 0.765. The second kappa shape index (κ2) is 5.60. The third-order valence-electron chi connectivity index (χ3n) is 3.75. The highest BCUT2D eigenvalue weighted by atomic mass is 16.6. The molecule has 0 aromatic carbocycles. The van der Waals surface area contributed by atoms with Crippen molar-refractivity contribution in [1.82, 2.24) is 4.90 Å². The van der Waals surface area contributed by atoms with E-state index in [0.29, 0.717) is 6.54 Å². The number of hydrogen-bond donors (Lipinski definition) is 0. The van der Waals surface area contributed by atoms with E-state index in [1.165, 1.54) is 4.90 Å². The smallest absolute Gasteiger partial charge is 0.411 e. The molecule has 1 amide bonds. The maximum absolute atomic E-state index is 12.6. The molecule has 5 heteroatoms. The van der Waals surface area contributed by atoms with Crippen LogP contribution in [0.5, 0.6) is 0 Å². The van der Waals surface area contributed by atoms with Crippen LogP contribution in [0.4, 0.5) is 4.79 Å². The van der Waals surface area contributed by atoms with E-state index in [1.54, 1.807) is 0 Å². The van der Waals surface area contributed by atoms with Gasteiger partial charge in [-0.15, -0.1) is 0 Å². The predicted molar refractivity (Wildman–Crippen MR) is 83.3 cm³/mol. The lowest BCUT2D eigenvalue weighted by Gasteiger charge is -2.30. The summed E-state index contributed by atoms with van der Waals surface area (Å²) in [4.78, 5) is 26.6. The van der Waals surface area contributed by atoms with Crippen molar-refractivity contribution in [2.75, 3.05) is 6.54 Å². The van der Waals surface area contributed by atoms with Crippen LogP contribution in [0.3, 0.4) is 0 Å². The van der Waals surface area contributed by atoms with Crippen LogP contribution in [-0.4, -0.2) is 40.8 Å². The molecule has 124 valence electrons. The van der Waals surface area contributed by atoms with Crippen molar-refractivity contribution in [1.29, 1.82) is 0 Å². The molecule has 0 aromatic heterocycles. The number of carbonyl (C=O) groups is 2. The van der Waals surface area contributed by atoms with Gasteiger partial charge in [-0.1, -0.05) is 12.2 Å². The number of allylic oxidation sites excluding steroid dienone is 1. The van der Waals surface area contributed by atoms with Crippen LogP contribution in [0, 0.1) is 11.8 Å². The molecule has 3 atom stereocenters. The standard InChI is InChI=1S/C17H27NO4/c1-16(2,3)21-14(19)13-12-9-7-8-11(12)10-18(13)15(20)22-17(4,5)6/h7,9,11-13H,8,10H2,1-6H3. The van der Waals surface area contributed by atoms with E-state index in [1.807, 2.05) is 47.6 Å². The van der Waals surface area contributed by atoms with Crippen molar-refractivity contribution in [3.8, 4) is 0 Å². The molecule has 1 aliphatic heterocycles. The lowest BCUT2D eigenvalue weighted by atomic mass is 9.94. The summed E-state index contributed by atoms with van der Waals surface area (Å²) in [6.45, 7) is 11.5. The molecule has 2 rings (SSSR count). The molecule has 22 heavy (non-hydrogen) atoms. The Morgan fingerprint density at radius 2 is 1.64 bits per heavy atom. The first kappa shape index (κ1) is 16.8. The second-order valence-corrected chi connectivity index (χ2v) is 8.11. The number of likely N-dealkylation sites (tertiary alicyclic amines) is 1. The molecule has 0 aromatic rings. The van der Waals surface area contributed by atoms with Gasteiger partial charge in [0, 0.05) is 12.5 Å². The van der Waals surface area contributed by atoms with Crippen molar-refractivity contribution in [3.63, 3.8) is 0 Å². The molecule has 1 aliphatic carbocycles. The van der Waals surface area contributed by atoms with Gasteiger partial charge in [0.1, 0.15) is 17.2 Å². The van der Waals surface area contributed by atoms with Gasteiger partial charge in [0.05, 0.1) is 0 Å². The Labute approximate surface area is 132 Å². The molecule has 1 saturated heterocycles. The van der Waals surface area contributed by atoms with Crippen molar-refractivity contribution >= 4 is 12.1 Å². The average Bonchev–Trinajstić information content (AvgIpc) is 2.81. The van der Waals surface area contributed by atoms with Gasteiger partial charge in [0.2, 0.25) is 0 Å². The van der Waals surface area contributed by atoms with Gasteiger partial charge in [0.25, 0.3) is 0 Å². The summed E-state index contributed by atoms with van der Waals surface area (Å²) < 4.78 is 11.0. The van der Waals surface area contributed by atoms with E-state index in [4.69, 9.17) is 9.47 Å². The Morgan fingerprint density at radius 1 is 1.05 bits per heavy atom. The molecule has 0 N–H and O–H groups in total. The predicted octanol–water partition coefficient (Wildman–Crippen LogP) is 3.14. The molecule has 2 aliphatic rings. The maximum atomic E-state index is 12.6. The van der Waals surface area contributed by atoms with Crippen LogP contribution in [-0.2, 0) is 14.3 Å². The molecule has 0 bridgehead atoms. The topological polar surface area (TPSA) is 55.8 Å². The third-order valence-corrected chi connectivity index (χ3v) is 3.75. The summed E-state index contributed by atoms with van der Waals surface area (Å²) in [5, 5.41) is 0.